The molecular weight excluding hydrogens is 366 g/mol. The summed E-state index contributed by atoms with van der Waals surface area (Å²) >= 11 is 3.01. The van der Waals surface area contributed by atoms with Crippen molar-refractivity contribution in [2.24, 2.45) is 0 Å². The number of benzene rings is 1. The Morgan fingerprint density at radius 1 is 1.38 bits per heavy atom. The third-order valence-corrected chi connectivity index (χ3v) is 6.03. The molecule has 2 aromatic heterocycles. The average molecular weight is 386 g/mol. The summed E-state index contributed by atoms with van der Waals surface area (Å²) in [6, 6.07) is 8.06. The van der Waals surface area contributed by atoms with Gasteiger partial charge in [0.05, 0.1) is 18.6 Å². The molecule has 0 saturated carbocycles. The van der Waals surface area contributed by atoms with E-state index in [0.29, 0.717) is 17.0 Å². The molecule has 134 valence electrons. The van der Waals surface area contributed by atoms with Crippen LogP contribution in [0.15, 0.2) is 28.2 Å². The Hall–Kier alpha value is -2.30. The van der Waals surface area contributed by atoms with E-state index in [4.69, 9.17) is 10.00 Å². The highest BCUT2D eigenvalue weighted by Gasteiger charge is 2.17. The molecule has 0 aliphatic rings. The number of fused-ring (bicyclic) bond motifs is 1. The van der Waals surface area contributed by atoms with Gasteiger partial charge < -0.3 is 9.72 Å². The average Bonchev–Trinajstić information content (AvgIpc) is 2.95. The third-order valence-electron chi connectivity index (χ3n) is 4.07. The van der Waals surface area contributed by atoms with Gasteiger partial charge in [0.1, 0.15) is 10.6 Å². The number of methoxy groups -OCH3 is 1. The lowest BCUT2D eigenvalue weighted by atomic mass is 10.0. The molecule has 0 fully saturated rings. The van der Waals surface area contributed by atoms with Crippen molar-refractivity contribution in [1.29, 1.82) is 5.26 Å². The van der Waals surface area contributed by atoms with Crippen molar-refractivity contribution >= 4 is 33.3 Å². The molecule has 26 heavy (non-hydrogen) atoms. The minimum atomic E-state index is -0.120. The van der Waals surface area contributed by atoms with Gasteiger partial charge in [-0.05, 0) is 43.5 Å². The Morgan fingerprint density at radius 2 is 2.19 bits per heavy atom. The fraction of sp³-hybridized carbons (Fsp3) is 0.316. The highest BCUT2D eigenvalue weighted by Crippen LogP contribution is 2.37. The number of aromatic amines is 1. The summed E-state index contributed by atoms with van der Waals surface area (Å²) in [4.78, 5) is 22.0. The fourth-order valence-corrected chi connectivity index (χ4v) is 4.78. The summed E-state index contributed by atoms with van der Waals surface area (Å²) < 4.78 is 5.33. The first kappa shape index (κ1) is 18.5. The van der Waals surface area contributed by atoms with Crippen LogP contribution in [-0.2, 0) is 0 Å². The van der Waals surface area contributed by atoms with E-state index >= 15 is 0 Å². The van der Waals surface area contributed by atoms with Crippen LogP contribution in [0.4, 0.5) is 0 Å². The van der Waals surface area contributed by atoms with Gasteiger partial charge in [-0.2, -0.15) is 5.26 Å². The molecule has 0 atom stereocenters. The molecule has 2 heterocycles. The van der Waals surface area contributed by atoms with Gasteiger partial charge in [-0.25, -0.2) is 4.98 Å². The fourth-order valence-electron chi connectivity index (χ4n) is 2.87. The molecule has 0 amide bonds. The first-order valence-electron chi connectivity index (χ1n) is 8.23. The summed E-state index contributed by atoms with van der Waals surface area (Å²) in [6.45, 7) is 4.01. The highest BCUT2D eigenvalue weighted by molar-refractivity contribution is 7.99. The van der Waals surface area contributed by atoms with Crippen LogP contribution >= 0.6 is 23.1 Å². The largest absolute Gasteiger partial charge is 0.496 e. The molecule has 5 nitrogen and oxygen atoms in total. The van der Waals surface area contributed by atoms with Crippen LogP contribution in [0.3, 0.4) is 0 Å². The van der Waals surface area contributed by atoms with Gasteiger partial charge in [0.2, 0.25) is 0 Å². The second-order valence-electron chi connectivity index (χ2n) is 5.88. The number of hydrogen-bond donors (Lipinski definition) is 1. The maximum Gasteiger partial charge on any atom is 0.260 e. The van der Waals surface area contributed by atoms with Gasteiger partial charge in [0, 0.05) is 22.6 Å². The van der Waals surface area contributed by atoms with Gasteiger partial charge in [-0.3, -0.25) is 4.79 Å². The molecule has 0 unspecified atom stereocenters. The quantitative estimate of drug-likeness (QED) is 0.379. The smallest absolute Gasteiger partial charge is 0.260 e. The van der Waals surface area contributed by atoms with Gasteiger partial charge in [0.25, 0.3) is 5.56 Å². The molecule has 1 N–H and O–H groups in total. The predicted octanol–water partition coefficient (Wildman–Crippen LogP) is 4.67. The SMILES string of the molecule is COc1ccc(-c2c(C)sc3nc(SCCCC#N)[nH]c(=O)c23)cc1C. The van der Waals surface area contributed by atoms with Gasteiger partial charge in [-0.15, -0.1) is 11.3 Å². The number of unbranched alkanes of at least 4 members (excludes halogenated alkanes) is 1. The number of hydrogen-bond acceptors (Lipinski definition) is 6. The Bertz CT molecular complexity index is 1050. The van der Waals surface area contributed by atoms with E-state index in [0.717, 1.165) is 44.3 Å². The van der Waals surface area contributed by atoms with E-state index in [1.165, 1.54) is 23.1 Å². The maximum atomic E-state index is 12.7. The summed E-state index contributed by atoms with van der Waals surface area (Å²) in [7, 11) is 1.65. The van der Waals surface area contributed by atoms with Crippen LogP contribution in [0.25, 0.3) is 21.3 Å². The van der Waals surface area contributed by atoms with Gasteiger partial charge in [-0.1, -0.05) is 17.8 Å². The number of nitriles is 1. The number of aromatic nitrogens is 2. The third kappa shape index (κ3) is 3.62. The van der Waals surface area contributed by atoms with Crippen LogP contribution in [0.1, 0.15) is 23.3 Å². The van der Waals surface area contributed by atoms with Crippen LogP contribution in [0, 0.1) is 25.2 Å². The van der Waals surface area contributed by atoms with Crippen molar-refractivity contribution in [1.82, 2.24) is 9.97 Å². The van der Waals surface area contributed by atoms with Crippen molar-refractivity contribution in [2.45, 2.75) is 31.8 Å². The number of H-pyrrole nitrogens is 1. The second-order valence-corrected chi connectivity index (χ2v) is 8.17. The second kappa shape index (κ2) is 7.94. The van der Waals surface area contributed by atoms with Crippen molar-refractivity contribution < 1.29 is 4.74 Å². The number of aryl methyl sites for hydroxylation is 2. The topological polar surface area (TPSA) is 78.8 Å². The van der Waals surface area contributed by atoms with E-state index in [2.05, 4.69) is 16.0 Å². The number of rotatable bonds is 6. The van der Waals surface area contributed by atoms with Crippen LogP contribution in [0.2, 0.25) is 0 Å². The molecule has 0 aliphatic heterocycles. The lowest BCUT2D eigenvalue weighted by molar-refractivity contribution is 0.412. The van der Waals surface area contributed by atoms with Gasteiger partial charge >= 0.3 is 0 Å². The van der Waals surface area contributed by atoms with Crippen molar-refractivity contribution in [3.05, 3.63) is 39.0 Å². The highest BCUT2D eigenvalue weighted by atomic mass is 32.2. The molecule has 0 saturated heterocycles. The van der Waals surface area contributed by atoms with Gasteiger partial charge in [0.15, 0.2) is 5.16 Å². The molecule has 1 aromatic carbocycles. The van der Waals surface area contributed by atoms with E-state index in [9.17, 15) is 4.79 Å². The Morgan fingerprint density at radius 3 is 2.88 bits per heavy atom. The van der Waals surface area contributed by atoms with Crippen molar-refractivity contribution in [2.75, 3.05) is 12.9 Å². The monoisotopic (exact) mass is 385 g/mol. The van der Waals surface area contributed by atoms with Crippen molar-refractivity contribution in [3.8, 4) is 22.9 Å². The number of nitrogens with one attached hydrogen (secondary N) is 1. The first-order valence-corrected chi connectivity index (χ1v) is 10.0. The number of thioether (sulfide) groups is 1. The summed E-state index contributed by atoms with van der Waals surface area (Å²) in [5.74, 6) is 1.59. The van der Waals surface area contributed by atoms with Crippen LogP contribution < -0.4 is 10.3 Å². The molecule has 7 heteroatoms. The Kier molecular flexibility index (Phi) is 5.64. The van der Waals surface area contributed by atoms with Crippen LogP contribution in [-0.4, -0.2) is 22.8 Å². The molecule has 3 aromatic rings. The minimum Gasteiger partial charge on any atom is -0.496 e. The molecule has 3 rings (SSSR count). The van der Waals surface area contributed by atoms with E-state index in [1.54, 1.807) is 7.11 Å². The van der Waals surface area contributed by atoms with Crippen molar-refractivity contribution in [3.63, 3.8) is 0 Å². The summed E-state index contributed by atoms with van der Waals surface area (Å²) in [6.07, 6.45) is 1.29. The molecule has 0 bridgehead atoms. The zero-order chi connectivity index (χ0) is 18.7. The minimum absolute atomic E-state index is 0.120. The molecule has 0 aliphatic carbocycles. The Labute approximate surface area is 160 Å². The zero-order valence-electron chi connectivity index (χ0n) is 14.9. The maximum absolute atomic E-state index is 12.7. The van der Waals surface area contributed by atoms with E-state index < -0.39 is 0 Å². The number of ether oxygens (including phenoxy) is 1. The molecule has 0 radical (unpaired) electrons. The zero-order valence-corrected chi connectivity index (χ0v) is 16.5. The van der Waals surface area contributed by atoms with E-state index in [-0.39, 0.29) is 5.56 Å². The number of thiophene rings is 1. The molecule has 0 spiro atoms. The Balaban J connectivity index is 2.03. The summed E-state index contributed by atoms with van der Waals surface area (Å²) in [5, 5.41) is 9.85. The number of nitrogens with zero attached hydrogens (tertiary/aromatic N) is 2. The lowest BCUT2D eigenvalue weighted by Crippen LogP contribution is -2.09. The normalized spacial score (nSPS) is 10.8. The standard InChI is InChI=1S/C19H19N3O2S2/c1-11-10-13(6-7-14(11)24-3)15-12(2)26-18-16(15)17(23)21-19(22-18)25-9-5-4-8-20/h6-7,10H,4-5,9H2,1-3H3,(H,21,22,23). The first-order chi connectivity index (χ1) is 12.5. The van der Waals surface area contributed by atoms with Crippen LogP contribution in [0.5, 0.6) is 5.75 Å². The summed E-state index contributed by atoms with van der Waals surface area (Å²) in [5.41, 5.74) is 2.84. The van der Waals surface area contributed by atoms with E-state index in [1.807, 2.05) is 32.0 Å². The lowest BCUT2D eigenvalue weighted by Gasteiger charge is -2.08. The molecular formula is C19H19N3O2S2. The predicted molar refractivity (Wildman–Crippen MR) is 107 cm³/mol.